The Balaban J connectivity index is 1.45. The highest BCUT2D eigenvalue weighted by Crippen LogP contribution is 2.36. The SMILES string of the molecule is CCN(c1nc(-c2ccc(F)c(C)c2)nc(N2CCN(c3ncccc3C(F)(F)F)CC2)n1)C1CCCCC1. The maximum absolute atomic E-state index is 14.0. The third-order valence-corrected chi connectivity index (χ3v) is 7.60. The fraction of sp³-hybridized carbons (Fsp3) is 0.500. The lowest BCUT2D eigenvalue weighted by atomic mass is 9.94. The third kappa shape index (κ3) is 5.91. The zero-order chi connectivity index (χ0) is 27.6. The van der Waals surface area contributed by atoms with E-state index in [0.717, 1.165) is 25.5 Å². The lowest BCUT2D eigenvalue weighted by molar-refractivity contribution is -0.137. The zero-order valence-corrected chi connectivity index (χ0v) is 22.3. The highest BCUT2D eigenvalue weighted by atomic mass is 19.4. The van der Waals surface area contributed by atoms with E-state index in [2.05, 4.69) is 16.8 Å². The van der Waals surface area contributed by atoms with Gasteiger partial charge in [-0.15, -0.1) is 0 Å². The zero-order valence-electron chi connectivity index (χ0n) is 22.3. The first-order valence-corrected chi connectivity index (χ1v) is 13.6. The van der Waals surface area contributed by atoms with Crippen molar-refractivity contribution in [2.45, 2.75) is 58.2 Å². The van der Waals surface area contributed by atoms with Crippen molar-refractivity contribution in [3.63, 3.8) is 0 Å². The van der Waals surface area contributed by atoms with Gasteiger partial charge in [0.1, 0.15) is 11.6 Å². The van der Waals surface area contributed by atoms with E-state index in [-0.39, 0.29) is 11.6 Å². The molecule has 0 atom stereocenters. The van der Waals surface area contributed by atoms with Gasteiger partial charge in [0.05, 0.1) is 5.56 Å². The van der Waals surface area contributed by atoms with E-state index in [1.165, 1.54) is 37.6 Å². The van der Waals surface area contributed by atoms with Gasteiger partial charge in [0.2, 0.25) is 11.9 Å². The van der Waals surface area contributed by atoms with Gasteiger partial charge in [-0.25, -0.2) is 9.37 Å². The van der Waals surface area contributed by atoms with Gasteiger partial charge in [0.15, 0.2) is 5.82 Å². The number of hydrogen-bond donors (Lipinski definition) is 0. The van der Waals surface area contributed by atoms with Gasteiger partial charge in [-0.05, 0) is 62.6 Å². The predicted octanol–water partition coefficient (Wildman–Crippen LogP) is 5.89. The first kappa shape index (κ1) is 27.1. The summed E-state index contributed by atoms with van der Waals surface area (Å²) in [6.45, 7) is 6.06. The molecule has 1 aromatic carbocycles. The highest BCUT2D eigenvalue weighted by Gasteiger charge is 2.36. The van der Waals surface area contributed by atoms with Crippen molar-refractivity contribution >= 4 is 17.7 Å². The Morgan fingerprint density at radius 2 is 1.67 bits per heavy atom. The van der Waals surface area contributed by atoms with Crippen LogP contribution in [-0.2, 0) is 6.18 Å². The van der Waals surface area contributed by atoms with Gasteiger partial charge in [-0.2, -0.15) is 28.1 Å². The largest absolute Gasteiger partial charge is 0.419 e. The van der Waals surface area contributed by atoms with Crippen molar-refractivity contribution in [1.29, 1.82) is 0 Å². The van der Waals surface area contributed by atoms with Gasteiger partial charge in [-0.3, -0.25) is 0 Å². The molecule has 0 unspecified atom stereocenters. The van der Waals surface area contributed by atoms with Gasteiger partial charge < -0.3 is 14.7 Å². The molecule has 11 heteroatoms. The molecule has 0 N–H and O–H groups in total. The summed E-state index contributed by atoms with van der Waals surface area (Å²) in [5, 5.41) is 0. The maximum Gasteiger partial charge on any atom is 0.419 e. The Kier molecular flexibility index (Phi) is 7.86. The molecule has 208 valence electrons. The summed E-state index contributed by atoms with van der Waals surface area (Å²) in [6, 6.07) is 7.51. The molecule has 2 aliphatic rings. The number of alkyl halides is 3. The van der Waals surface area contributed by atoms with Gasteiger partial charge in [-0.1, -0.05) is 19.3 Å². The highest BCUT2D eigenvalue weighted by molar-refractivity contribution is 5.60. The summed E-state index contributed by atoms with van der Waals surface area (Å²) in [6.07, 6.45) is 2.62. The van der Waals surface area contributed by atoms with Crippen LogP contribution < -0.4 is 14.7 Å². The molecule has 1 aliphatic carbocycles. The number of nitrogens with zero attached hydrogens (tertiary/aromatic N) is 7. The second-order valence-corrected chi connectivity index (χ2v) is 10.1. The first-order valence-electron chi connectivity index (χ1n) is 13.6. The van der Waals surface area contributed by atoms with E-state index in [1.54, 1.807) is 24.0 Å². The number of aromatic nitrogens is 4. The number of piperazine rings is 1. The third-order valence-electron chi connectivity index (χ3n) is 7.60. The minimum atomic E-state index is -4.48. The average Bonchev–Trinajstić information content (AvgIpc) is 2.95. The number of halogens is 4. The van der Waals surface area contributed by atoms with Crippen molar-refractivity contribution in [1.82, 2.24) is 19.9 Å². The fourth-order valence-corrected chi connectivity index (χ4v) is 5.48. The van der Waals surface area contributed by atoms with Crippen LogP contribution >= 0.6 is 0 Å². The fourth-order valence-electron chi connectivity index (χ4n) is 5.48. The van der Waals surface area contributed by atoms with Crippen LogP contribution in [0.15, 0.2) is 36.5 Å². The van der Waals surface area contributed by atoms with Crippen LogP contribution in [0.5, 0.6) is 0 Å². The molecule has 3 aromatic rings. The average molecular weight is 544 g/mol. The van der Waals surface area contributed by atoms with Crippen LogP contribution in [-0.4, -0.2) is 58.7 Å². The van der Waals surface area contributed by atoms with Crippen LogP contribution in [0.3, 0.4) is 0 Å². The summed E-state index contributed by atoms with van der Waals surface area (Å²) in [4.78, 5) is 24.4. The Morgan fingerprint density at radius 1 is 0.949 bits per heavy atom. The summed E-state index contributed by atoms with van der Waals surface area (Å²) in [5.74, 6) is 1.16. The van der Waals surface area contributed by atoms with Gasteiger partial charge >= 0.3 is 6.18 Å². The van der Waals surface area contributed by atoms with Crippen molar-refractivity contribution < 1.29 is 17.6 Å². The molecule has 39 heavy (non-hydrogen) atoms. The van der Waals surface area contributed by atoms with Crippen LogP contribution in [0.4, 0.5) is 35.3 Å². The van der Waals surface area contributed by atoms with Crippen LogP contribution in [0.2, 0.25) is 0 Å². The van der Waals surface area contributed by atoms with Crippen LogP contribution in [0, 0.1) is 12.7 Å². The first-order chi connectivity index (χ1) is 18.7. The standard InChI is InChI=1S/C28H33F4N7/c1-3-39(21-8-5-4-6-9-21)27-35-24(20-11-12-23(29)19(2)18-20)34-26(36-27)38-16-14-37(15-17-38)25-22(28(30,31)32)10-7-13-33-25/h7,10-13,18,21H,3-6,8-9,14-17H2,1-2H3. The second kappa shape index (κ2) is 11.3. The number of hydrogen-bond acceptors (Lipinski definition) is 7. The van der Waals surface area contributed by atoms with Crippen LogP contribution in [0.1, 0.15) is 50.2 Å². The molecular weight excluding hydrogens is 510 g/mol. The Hall–Kier alpha value is -3.50. The summed E-state index contributed by atoms with van der Waals surface area (Å²) in [5.41, 5.74) is 0.460. The minimum Gasteiger partial charge on any atom is -0.353 e. The molecule has 2 fully saturated rings. The Bertz CT molecular complexity index is 1290. The van der Waals surface area contributed by atoms with E-state index in [1.807, 2.05) is 4.90 Å². The summed E-state index contributed by atoms with van der Waals surface area (Å²) in [7, 11) is 0. The smallest absolute Gasteiger partial charge is 0.353 e. The number of aryl methyl sites for hydroxylation is 1. The quantitative estimate of drug-likeness (QED) is 0.360. The Labute approximate surface area is 225 Å². The molecule has 3 heterocycles. The van der Waals surface area contributed by atoms with Gasteiger partial charge in [0.25, 0.3) is 0 Å². The van der Waals surface area contributed by atoms with E-state index in [9.17, 15) is 17.6 Å². The monoisotopic (exact) mass is 543 g/mol. The van der Waals surface area contributed by atoms with Gasteiger partial charge in [0, 0.05) is 50.5 Å². The van der Waals surface area contributed by atoms with Crippen molar-refractivity contribution in [3.8, 4) is 11.4 Å². The molecule has 0 radical (unpaired) electrons. The number of pyridine rings is 1. The van der Waals surface area contributed by atoms with E-state index < -0.39 is 11.7 Å². The number of benzene rings is 1. The molecular formula is C28H33F4N7. The van der Waals surface area contributed by atoms with E-state index in [0.29, 0.717) is 61.1 Å². The predicted molar refractivity (Wildman–Crippen MR) is 144 cm³/mol. The van der Waals surface area contributed by atoms with Crippen molar-refractivity contribution in [3.05, 3.63) is 53.5 Å². The molecule has 7 nitrogen and oxygen atoms in total. The molecule has 0 bridgehead atoms. The lowest BCUT2D eigenvalue weighted by Gasteiger charge is -2.37. The van der Waals surface area contributed by atoms with Crippen LogP contribution in [0.25, 0.3) is 11.4 Å². The molecule has 1 aliphatic heterocycles. The van der Waals surface area contributed by atoms with E-state index in [4.69, 9.17) is 15.0 Å². The number of anilines is 3. The maximum atomic E-state index is 14.0. The molecule has 5 rings (SSSR count). The molecule has 1 saturated carbocycles. The topological polar surface area (TPSA) is 61.3 Å². The second-order valence-electron chi connectivity index (χ2n) is 10.1. The van der Waals surface area contributed by atoms with E-state index >= 15 is 0 Å². The van der Waals surface area contributed by atoms with Crippen molar-refractivity contribution in [2.24, 2.45) is 0 Å². The summed E-state index contributed by atoms with van der Waals surface area (Å²) < 4.78 is 54.8. The Morgan fingerprint density at radius 3 is 2.33 bits per heavy atom. The molecule has 0 spiro atoms. The lowest BCUT2D eigenvalue weighted by Crippen LogP contribution is -2.48. The number of rotatable bonds is 6. The minimum absolute atomic E-state index is 0.0575. The summed E-state index contributed by atoms with van der Waals surface area (Å²) >= 11 is 0. The van der Waals surface area contributed by atoms with Crippen molar-refractivity contribution in [2.75, 3.05) is 47.4 Å². The molecule has 1 saturated heterocycles. The molecule has 2 aromatic heterocycles. The molecule has 0 amide bonds. The normalized spacial score (nSPS) is 17.0.